The molecular formula is C21H17ClN5O4-. The molecule has 3 aromatic rings. The van der Waals surface area contributed by atoms with Crippen LogP contribution in [-0.4, -0.2) is 50.7 Å². The Hall–Kier alpha value is -3.40. The van der Waals surface area contributed by atoms with Gasteiger partial charge >= 0.3 is 0 Å². The van der Waals surface area contributed by atoms with Crippen molar-refractivity contribution in [3.63, 3.8) is 0 Å². The third-order valence-electron chi connectivity index (χ3n) is 5.69. The van der Waals surface area contributed by atoms with Crippen LogP contribution in [0.5, 0.6) is 0 Å². The number of nitrogens with zero attached hydrogens (tertiary/aromatic N) is 4. The van der Waals surface area contributed by atoms with Crippen molar-refractivity contribution in [1.82, 2.24) is 14.9 Å². The van der Waals surface area contributed by atoms with Crippen LogP contribution in [-0.2, 0) is 22.6 Å². The van der Waals surface area contributed by atoms with E-state index < -0.39 is 6.04 Å². The molecule has 1 unspecified atom stereocenters. The lowest BCUT2D eigenvalue weighted by Crippen LogP contribution is -2.60. The summed E-state index contributed by atoms with van der Waals surface area (Å²) >= 11 is 6.12. The van der Waals surface area contributed by atoms with Crippen LogP contribution in [0.2, 0.25) is 5.02 Å². The molecule has 1 aromatic heterocycles. The summed E-state index contributed by atoms with van der Waals surface area (Å²) in [7, 11) is 0. The zero-order valence-corrected chi connectivity index (χ0v) is 16.9. The molecule has 0 bridgehead atoms. The number of piperazine rings is 1. The van der Waals surface area contributed by atoms with Gasteiger partial charge in [-0.1, -0.05) is 29.8 Å². The number of anilines is 1. The van der Waals surface area contributed by atoms with Crippen LogP contribution in [0.3, 0.4) is 0 Å². The molecule has 9 nitrogen and oxygen atoms in total. The number of hydrogen-bond acceptors (Lipinski definition) is 6. The first kappa shape index (κ1) is 19.6. The number of aromatic nitrogens is 1. The minimum absolute atomic E-state index is 0.0304. The first-order valence-electron chi connectivity index (χ1n) is 9.61. The van der Waals surface area contributed by atoms with Crippen LogP contribution < -0.4 is 5.23 Å². The van der Waals surface area contributed by atoms with Gasteiger partial charge in [0.15, 0.2) is 0 Å². The number of H-pyrrole nitrogens is 1. The summed E-state index contributed by atoms with van der Waals surface area (Å²) in [5.74, 6) is -0.487. The van der Waals surface area contributed by atoms with E-state index in [9.17, 15) is 14.8 Å². The lowest BCUT2D eigenvalue weighted by atomic mass is 9.94. The first-order valence-corrected chi connectivity index (χ1v) is 9.99. The molecule has 1 fully saturated rings. The molecule has 0 radical (unpaired) electrons. The Morgan fingerprint density at radius 2 is 2.03 bits per heavy atom. The lowest BCUT2D eigenvalue weighted by molar-refractivity contribution is -0.157. The SMILES string of the molecule is O=C1C2Cc3c([nH]c4ccccc34)CN2C(=O)CN1N=Cc1cc(N([O-])O)ccc1Cl. The highest BCUT2D eigenvalue weighted by molar-refractivity contribution is 6.33. The number of carbonyl (C=O) groups is 2. The van der Waals surface area contributed by atoms with Gasteiger partial charge in [-0.25, -0.2) is 5.01 Å². The molecule has 0 spiro atoms. The van der Waals surface area contributed by atoms with Crippen LogP contribution in [0, 0.1) is 5.21 Å². The molecular weight excluding hydrogens is 422 g/mol. The molecule has 2 amide bonds. The fourth-order valence-corrected chi connectivity index (χ4v) is 4.30. The summed E-state index contributed by atoms with van der Waals surface area (Å²) in [6.07, 6.45) is 1.71. The Bertz CT molecular complexity index is 1240. The van der Waals surface area contributed by atoms with E-state index in [2.05, 4.69) is 10.1 Å². The smallest absolute Gasteiger partial charge is 0.266 e. The Balaban J connectivity index is 1.43. The van der Waals surface area contributed by atoms with E-state index in [1.165, 1.54) is 24.4 Å². The van der Waals surface area contributed by atoms with Crippen molar-refractivity contribution in [2.75, 3.05) is 11.8 Å². The number of amides is 2. The highest BCUT2D eigenvalue weighted by Crippen LogP contribution is 2.32. The van der Waals surface area contributed by atoms with E-state index in [4.69, 9.17) is 16.8 Å². The van der Waals surface area contributed by atoms with E-state index in [-0.39, 0.29) is 34.3 Å². The van der Waals surface area contributed by atoms with Gasteiger partial charge in [0.05, 0.1) is 18.4 Å². The van der Waals surface area contributed by atoms with Gasteiger partial charge in [-0.3, -0.25) is 14.8 Å². The molecule has 158 valence electrons. The number of halogens is 1. The molecule has 2 aromatic carbocycles. The fraction of sp³-hybridized carbons (Fsp3) is 0.190. The number of fused-ring (bicyclic) bond motifs is 4. The number of rotatable bonds is 3. The number of para-hydroxylation sites is 1. The van der Waals surface area contributed by atoms with Crippen molar-refractivity contribution in [2.45, 2.75) is 19.0 Å². The molecule has 2 aliphatic heterocycles. The van der Waals surface area contributed by atoms with Gasteiger partial charge in [0.1, 0.15) is 12.6 Å². The second kappa shape index (κ2) is 7.38. The van der Waals surface area contributed by atoms with Gasteiger partial charge in [-0.15, -0.1) is 0 Å². The zero-order valence-electron chi connectivity index (χ0n) is 16.2. The van der Waals surface area contributed by atoms with Crippen LogP contribution in [0.4, 0.5) is 5.69 Å². The average Bonchev–Trinajstić information content (AvgIpc) is 3.12. The summed E-state index contributed by atoms with van der Waals surface area (Å²) in [5.41, 5.74) is 3.27. The Morgan fingerprint density at radius 1 is 1.23 bits per heavy atom. The predicted octanol–water partition coefficient (Wildman–Crippen LogP) is 2.64. The van der Waals surface area contributed by atoms with E-state index >= 15 is 0 Å². The highest BCUT2D eigenvalue weighted by Gasteiger charge is 2.43. The maximum Gasteiger partial charge on any atom is 0.266 e. The van der Waals surface area contributed by atoms with Crippen molar-refractivity contribution >= 4 is 46.2 Å². The summed E-state index contributed by atoms with van der Waals surface area (Å²) in [5, 5.41) is 26.5. The molecule has 3 heterocycles. The van der Waals surface area contributed by atoms with Crippen LogP contribution in [0.25, 0.3) is 10.9 Å². The number of nitrogens with one attached hydrogen (secondary N) is 1. The molecule has 0 aliphatic carbocycles. The van der Waals surface area contributed by atoms with Gasteiger partial charge in [-0.2, -0.15) is 5.10 Å². The van der Waals surface area contributed by atoms with Crippen molar-refractivity contribution < 1.29 is 14.8 Å². The van der Waals surface area contributed by atoms with Crippen LogP contribution >= 0.6 is 11.6 Å². The zero-order chi connectivity index (χ0) is 21.7. The average molecular weight is 439 g/mol. The van der Waals surface area contributed by atoms with Crippen molar-refractivity contribution in [2.24, 2.45) is 5.10 Å². The number of benzene rings is 2. The largest absolute Gasteiger partial charge is 0.733 e. The van der Waals surface area contributed by atoms with Crippen molar-refractivity contribution in [3.05, 3.63) is 69.5 Å². The number of hydrazone groups is 1. The highest BCUT2D eigenvalue weighted by atomic mass is 35.5. The lowest BCUT2D eigenvalue weighted by Gasteiger charge is -2.40. The van der Waals surface area contributed by atoms with Gasteiger partial charge in [0, 0.05) is 33.6 Å². The second-order valence-corrected chi connectivity index (χ2v) is 7.90. The van der Waals surface area contributed by atoms with Crippen molar-refractivity contribution in [3.8, 4) is 0 Å². The maximum absolute atomic E-state index is 13.1. The standard InChI is InChI=1S/C21H17ClN5O4/c22-16-6-5-13(27(30)31)7-12(16)9-23-26-11-20(28)25-10-18-15(8-19(25)21(26)29)14-3-1-2-4-17(14)24-18/h1-7,9,19,24,30H,8,10-11H2/q-1. The van der Waals surface area contributed by atoms with E-state index in [1.807, 2.05) is 24.3 Å². The minimum Gasteiger partial charge on any atom is -0.733 e. The van der Waals surface area contributed by atoms with E-state index in [0.29, 0.717) is 18.5 Å². The van der Waals surface area contributed by atoms with E-state index in [1.54, 1.807) is 4.90 Å². The molecule has 10 heteroatoms. The third kappa shape index (κ3) is 3.32. The van der Waals surface area contributed by atoms with Gasteiger partial charge < -0.3 is 20.3 Å². The molecule has 1 saturated heterocycles. The van der Waals surface area contributed by atoms with Gasteiger partial charge in [0.2, 0.25) is 5.91 Å². The molecule has 2 N–H and O–H groups in total. The summed E-state index contributed by atoms with van der Waals surface area (Å²) in [4.78, 5) is 30.8. The molecule has 2 aliphatic rings. The topological polar surface area (TPSA) is 115 Å². The molecule has 31 heavy (non-hydrogen) atoms. The first-order chi connectivity index (χ1) is 14.9. The second-order valence-electron chi connectivity index (χ2n) is 7.49. The number of hydrogen-bond donors (Lipinski definition) is 2. The minimum atomic E-state index is -0.638. The van der Waals surface area contributed by atoms with Crippen LogP contribution in [0.15, 0.2) is 47.6 Å². The number of carbonyl (C=O) groups excluding carboxylic acids is 2. The predicted molar refractivity (Wildman–Crippen MR) is 115 cm³/mol. The summed E-state index contributed by atoms with van der Waals surface area (Å²) in [6.45, 7) is 0.160. The normalized spacial score (nSPS) is 18.6. The third-order valence-corrected chi connectivity index (χ3v) is 6.03. The Labute approximate surface area is 181 Å². The monoisotopic (exact) mass is 438 g/mol. The number of aromatic amines is 1. The van der Waals surface area contributed by atoms with Gasteiger partial charge in [-0.05, 0) is 29.8 Å². The summed E-state index contributed by atoms with van der Waals surface area (Å²) < 4.78 is 0. The van der Waals surface area contributed by atoms with Crippen molar-refractivity contribution in [1.29, 1.82) is 0 Å². The van der Waals surface area contributed by atoms with E-state index in [0.717, 1.165) is 27.2 Å². The maximum atomic E-state index is 13.1. The Morgan fingerprint density at radius 3 is 2.84 bits per heavy atom. The van der Waals surface area contributed by atoms with Gasteiger partial charge in [0.25, 0.3) is 5.91 Å². The van der Waals surface area contributed by atoms with Crippen LogP contribution in [0.1, 0.15) is 16.8 Å². The fourth-order valence-electron chi connectivity index (χ4n) is 4.14. The molecule has 1 atom stereocenters. The molecule has 5 rings (SSSR count). The quantitative estimate of drug-likeness (QED) is 0.481. The summed E-state index contributed by atoms with van der Waals surface area (Å²) in [6, 6.07) is 11.3. The molecule has 0 saturated carbocycles. The Kier molecular flexibility index (Phi) is 4.66.